The van der Waals surface area contributed by atoms with Crippen molar-refractivity contribution in [2.45, 2.75) is 38.5 Å². The summed E-state index contributed by atoms with van der Waals surface area (Å²) in [4.78, 5) is 14.7. The summed E-state index contributed by atoms with van der Waals surface area (Å²) < 4.78 is 11.4. The Morgan fingerprint density at radius 3 is 2.58 bits per heavy atom. The zero-order valence-corrected chi connectivity index (χ0v) is 18.5. The van der Waals surface area contributed by atoms with Gasteiger partial charge in [0, 0.05) is 11.8 Å². The minimum absolute atomic E-state index is 0.171. The van der Waals surface area contributed by atoms with Gasteiger partial charge in [0.15, 0.2) is 11.5 Å². The number of amides is 1. The van der Waals surface area contributed by atoms with Crippen molar-refractivity contribution in [3.05, 3.63) is 60.2 Å². The fourth-order valence-electron chi connectivity index (χ4n) is 3.76. The number of methoxy groups -OCH3 is 1. The lowest BCUT2D eigenvalue weighted by Gasteiger charge is -2.26. The topological polar surface area (TPSA) is 50.8 Å². The monoisotopic (exact) mass is 422 g/mol. The van der Waals surface area contributed by atoms with Crippen molar-refractivity contribution in [2.24, 2.45) is 0 Å². The van der Waals surface area contributed by atoms with E-state index in [4.69, 9.17) is 9.47 Å². The molecule has 1 saturated heterocycles. The lowest BCUT2D eigenvalue weighted by Crippen LogP contribution is -2.30. The third-order valence-electron chi connectivity index (χ3n) is 5.48. The minimum atomic E-state index is -0.171. The highest BCUT2D eigenvalue weighted by atomic mass is 16.5. The van der Waals surface area contributed by atoms with Gasteiger partial charge in [0.25, 0.3) is 0 Å². The summed E-state index contributed by atoms with van der Waals surface area (Å²) in [5, 5.41) is 2.83. The highest BCUT2D eigenvalue weighted by molar-refractivity contribution is 6.01. The molecular weight excluding hydrogens is 388 g/mol. The van der Waals surface area contributed by atoms with E-state index in [9.17, 15) is 4.79 Å². The number of benzene rings is 2. The summed E-state index contributed by atoms with van der Waals surface area (Å²) in [5.74, 6) is 1.25. The normalized spacial score (nSPS) is 14.5. The summed E-state index contributed by atoms with van der Waals surface area (Å²) >= 11 is 0. The van der Waals surface area contributed by atoms with Crippen molar-refractivity contribution in [1.29, 1.82) is 0 Å². The van der Waals surface area contributed by atoms with Crippen LogP contribution in [0.15, 0.2) is 54.6 Å². The molecule has 1 aliphatic rings. The maximum absolute atomic E-state index is 12.1. The van der Waals surface area contributed by atoms with Crippen LogP contribution in [0.1, 0.15) is 44.1 Å². The number of carbonyl (C=O) groups is 1. The molecule has 0 bridgehead atoms. The van der Waals surface area contributed by atoms with Crippen LogP contribution in [0.25, 0.3) is 6.08 Å². The van der Waals surface area contributed by atoms with Gasteiger partial charge in [-0.1, -0.05) is 30.7 Å². The number of nitrogens with one attached hydrogen (secondary N) is 1. The molecule has 5 heteroatoms. The second kappa shape index (κ2) is 12.8. The summed E-state index contributed by atoms with van der Waals surface area (Å²) in [6.07, 6.45) is 10.8. The number of hydrogen-bond donors (Lipinski definition) is 1. The quantitative estimate of drug-likeness (QED) is 0.390. The van der Waals surface area contributed by atoms with Crippen molar-refractivity contribution in [2.75, 3.05) is 38.7 Å². The second-order valence-electron chi connectivity index (χ2n) is 7.91. The Hall–Kier alpha value is -2.79. The molecule has 5 nitrogen and oxygen atoms in total. The Bertz CT molecular complexity index is 830. The number of rotatable bonds is 11. The van der Waals surface area contributed by atoms with Gasteiger partial charge in [-0.3, -0.25) is 4.79 Å². The molecule has 0 unspecified atom stereocenters. The largest absolute Gasteiger partial charge is 0.493 e. The van der Waals surface area contributed by atoms with Crippen LogP contribution in [0.2, 0.25) is 0 Å². The van der Waals surface area contributed by atoms with E-state index in [1.807, 2.05) is 48.5 Å². The van der Waals surface area contributed by atoms with Crippen LogP contribution in [0.4, 0.5) is 5.69 Å². The molecule has 0 spiro atoms. The number of likely N-dealkylation sites (tertiary alicyclic amines) is 1. The van der Waals surface area contributed by atoms with Gasteiger partial charge < -0.3 is 19.7 Å². The molecule has 0 aliphatic carbocycles. The smallest absolute Gasteiger partial charge is 0.248 e. The molecule has 0 radical (unpaired) electrons. The van der Waals surface area contributed by atoms with Crippen LogP contribution in [-0.2, 0) is 4.79 Å². The van der Waals surface area contributed by atoms with Gasteiger partial charge in [-0.25, -0.2) is 0 Å². The van der Waals surface area contributed by atoms with E-state index >= 15 is 0 Å². The van der Waals surface area contributed by atoms with Crippen LogP contribution in [0.3, 0.4) is 0 Å². The summed E-state index contributed by atoms with van der Waals surface area (Å²) in [7, 11) is 1.64. The van der Waals surface area contributed by atoms with Crippen molar-refractivity contribution in [3.63, 3.8) is 0 Å². The number of carbonyl (C=O) groups excluding carboxylic acids is 1. The third-order valence-corrected chi connectivity index (χ3v) is 5.48. The molecule has 1 N–H and O–H groups in total. The Morgan fingerprint density at radius 1 is 1.00 bits per heavy atom. The number of nitrogens with zero attached hydrogens (tertiary/aromatic N) is 1. The van der Waals surface area contributed by atoms with Gasteiger partial charge >= 0.3 is 0 Å². The lowest BCUT2D eigenvalue weighted by atomic mass is 10.1. The first-order chi connectivity index (χ1) is 15.2. The molecular formula is C26H34N2O3. The van der Waals surface area contributed by atoms with E-state index in [-0.39, 0.29) is 5.91 Å². The van der Waals surface area contributed by atoms with Gasteiger partial charge in [-0.15, -0.1) is 0 Å². The number of unbranched alkanes of at least 4 members (excludes halogenated alkanes) is 2. The average Bonchev–Trinajstić information content (AvgIpc) is 2.81. The van der Waals surface area contributed by atoms with Gasteiger partial charge in [-0.2, -0.15) is 0 Å². The number of anilines is 1. The fraction of sp³-hybridized carbons (Fsp3) is 0.423. The van der Waals surface area contributed by atoms with Crippen LogP contribution in [-0.4, -0.2) is 44.2 Å². The van der Waals surface area contributed by atoms with E-state index in [1.54, 1.807) is 13.2 Å². The lowest BCUT2D eigenvalue weighted by molar-refractivity contribution is -0.111. The predicted molar refractivity (Wildman–Crippen MR) is 127 cm³/mol. The summed E-state index contributed by atoms with van der Waals surface area (Å²) in [6.45, 7) is 4.43. The Labute approximate surface area is 186 Å². The zero-order valence-electron chi connectivity index (χ0n) is 18.5. The van der Waals surface area contributed by atoms with Crippen LogP contribution < -0.4 is 14.8 Å². The fourth-order valence-corrected chi connectivity index (χ4v) is 3.76. The molecule has 0 saturated carbocycles. The minimum Gasteiger partial charge on any atom is -0.493 e. The Balaban J connectivity index is 1.40. The van der Waals surface area contributed by atoms with Crippen molar-refractivity contribution in [1.82, 2.24) is 4.90 Å². The SMILES string of the molecule is COc1cc(/C=C/C(=O)Nc2ccccc2)ccc1OCCCCCN1CCCCC1. The molecule has 2 aromatic rings. The van der Waals surface area contributed by atoms with E-state index in [2.05, 4.69) is 10.2 Å². The first-order valence-electron chi connectivity index (χ1n) is 11.3. The number of hydrogen-bond acceptors (Lipinski definition) is 4. The van der Waals surface area contributed by atoms with Gasteiger partial charge in [0.05, 0.1) is 13.7 Å². The van der Waals surface area contributed by atoms with Gasteiger partial charge in [0.1, 0.15) is 0 Å². The molecule has 166 valence electrons. The molecule has 3 rings (SSSR count). The number of para-hydroxylation sites is 1. The molecule has 31 heavy (non-hydrogen) atoms. The van der Waals surface area contributed by atoms with E-state index in [0.29, 0.717) is 12.4 Å². The molecule has 0 atom stereocenters. The first-order valence-corrected chi connectivity index (χ1v) is 11.3. The molecule has 1 amide bonds. The molecule has 2 aromatic carbocycles. The Kier molecular flexibility index (Phi) is 9.45. The van der Waals surface area contributed by atoms with Crippen molar-refractivity contribution in [3.8, 4) is 11.5 Å². The molecule has 0 aromatic heterocycles. The van der Waals surface area contributed by atoms with E-state index in [0.717, 1.165) is 23.4 Å². The standard InChI is InChI=1S/C26H34N2O3/c1-30-25-21-22(14-16-26(29)27-23-11-5-2-6-12-23)13-15-24(25)31-20-10-4-9-19-28-17-7-3-8-18-28/h2,5-6,11-16,21H,3-4,7-10,17-20H2,1H3,(H,27,29)/b16-14+. The van der Waals surface area contributed by atoms with Gasteiger partial charge in [-0.05, 0) is 87.6 Å². The molecule has 1 fully saturated rings. The van der Waals surface area contributed by atoms with Crippen molar-refractivity contribution >= 4 is 17.7 Å². The average molecular weight is 423 g/mol. The summed E-state index contributed by atoms with van der Waals surface area (Å²) in [5.41, 5.74) is 1.66. The molecule has 1 aliphatic heterocycles. The second-order valence-corrected chi connectivity index (χ2v) is 7.91. The predicted octanol–water partition coefficient (Wildman–Crippen LogP) is 5.38. The molecule has 1 heterocycles. The number of ether oxygens (including phenoxy) is 2. The van der Waals surface area contributed by atoms with Crippen LogP contribution in [0, 0.1) is 0 Å². The zero-order chi connectivity index (χ0) is 21.7. The van der Waals surface area contributed by atoms with Crippen LogP contribution in [0.5, 0.6) is 11.5 Å². The first kappa shape index (κ1) is 22.9. The highest BCUT2D eigenvalue weighted by Crippen LogP contribution is 2.29. The summed E-state index contributed by atoms with van der Waals surface area (Å²) in [6, 6.07) is 15.1. The third kappa shape index (κ3) is 8.10. The van der Waals surface area contributed by atoms with Gasteiger partial charge in [0.2, 0.25) is 5.91 Å². The highest BCUT2D eigenvalue weighted by Gasteiger charge is 2.09. The van der Waals surface area contributed by atoms with E-state index in [1.165, 1.54) is 57.8 Å². The van der Waals surface area contributed by atoms with E-state index < -0.39 is 0 Å². The maximum atomic E-state index is 12.1. The number of piperidine rings is 1. The Morgan fingerprint density at radius 2 is 1.81 bits per heavy atom. The van der Waals surface area contributed by atoms with Crippen molar-refractivity contribution < 1.29 is 14.3 Å². The maximum Gasteiger partial charge on any atom is 0.248 e. The van der Waals surface area contributed by atoms with Crippen LogP contribution >= 0.6 is 0 Å².